The van der Waals surface area contributed by atoms with Gasteiger partial charge in [-0.3, -0.25) is 14.6 Å². The Labute approximate surface area is 206 Å². The zero-order valence-electron chi connectivity index (χ0n) is 21.1. The maximum absolute atomic E-state index is 13.2. The van der Waals surface area contributed by atoms with Gasteiger partial charge in [-0.25, -0.2) is 9.59 Å². The average molecular weight is 490 g/mol. The zero-order valence-corrected chi connectivity index (χ0v) is 21.1. The number of ether oxygens (including phenoxy) is 4. The minimum atomic E-state index is -0.718. The summed E-state index contributed by atoms with van der Waals surface area (Å²) in [6.07, 6.45) is 1.33. The third kappa shape index (κ3) is 5.87. The summed E-state index contributed by atoms with van der Waals surface area (Å²) >= 11 is 0. The Morgan fingerprint density at radius 2 is 1.69 bits per heavy atom. The van der Waals surface area contributed by atoms with Gasteiger partial charge in [0.05, 0.1) is 45.0 Å². The van der Waals surface area contributed by atoms with Crippen molar-refractivity contribution >= 4 is 18.0 Å². The largest absolute Gasteiger partial charge is 0.493 e. The summed E-state index contributed by atoms with van der Waals surface area (Å²) < 4.78 is 21.3. The highest BCUT2D eigenvalue weighted by Gasteiger charge is 2.38. The summed E-state index contributed by atoms with van der Waals surface area (Å²) in [5, 5.41) is 2.92. The number of benzene rings is 1. The normalized spacial score (nSPS) is 19.3. The van der Waals surface area contributed by atoms with Gasteiger partial charge >= 0.3 is 18.0 Å². The van der Waals surface area contributed by atoms with Gasteiger partial charge in [0.1, 0.15) is 0 Å². The van der Waals surface area contributed by atoms with E-state index in [1.54, 1.807) is 46.2 Å². The van der Waals surface area contributed by atoms with E-state index in [1.807, 2.05) is 0 Å². The molecule has 35 heavy (non-hydrogen) atoms. The third-order valence-electron chi connectivity index (χ3n) is 6.39. The van der Waals surface area contributed by atoms with Crippen LogP contribution in [0.3, 0.4) is 0 Å². The molecule has 1 aromatic carbocycles. The smallest absolute Gasteiger partial charge is 0.338 e. The lowest BCUT2D eigenvalue weighted by atomic mass is 9.93. The first kappa shape index (κ1) is 26.3. The minimum Gasteiger partial charge on any atom is -0.493 e. The van der Waals surface area contributed by atoms with Crippen molar-refractivity contribution in [2.45, 2.75) is 32.7 Å². The molecule has 3 rings (SSSR count). The number of likely N-dealkylation sites (tertiary alicyclic amines) is 1. The van der Waals surface area contributed by atoms with Gasteiger partial charge in [0.2, 0.25) is 0 Å². The lowest BCUT2D eigenvalue weighted by molar-refractivity contribution is -0.149. The summed E-state index contributed by atoms with van der Waals surface area (Å²) in [6, 6.07) is 4.23. The van der Waals surface area contributed by atoms with E-state index in [9.17, 15) is 14.4 Å². The summed E-state index contributed by atoms with van der Waals surface area (Å²) in [4.78, 5) is 41.8. The van der Waals surface area contributed by atoms with E-state index >= 15 is 0 Å². The lowest BCUT2D eigenvalue weighted by Crippen LogP contribution is -2.50. The summed E-state index contributed by atoms with van der Waals surface area (Å²) in [5.41, 5.74) is 1.61. The quantitative estimate of drug-likeness (QED) is 0.528. The van der Waals surface area contributed by atoms with Crippen molar-refractivity contribution < 1.29 is 33.3 Å². The van der Waals surface area contributed by atoms with E-state index in [1.165, 1.54) is 12.0 Å². The molecule has 2 aliphatic rings. The number of hydrogen-bond acceptors (Lipinski definition) is 8. The highest BCUT2D eigenvalue weighted by molar-refractivity contribution is 5.95. The topological polar surface area (TPSA) is 107 Å². The van der Waals surface area contributed by atoms with Crippen molar-refractivity contribution in [1.82, 2.24) is 15.1 Å². The van der Waals surface area contributed by atoms with Crippen LogP contribution in [0.4, 0.5) is 4.79 Å². The van der Waals surface area contributed by atoms with Crippen LogP contribution in [0, 0.1) is 5.92 Å². The van der Waals surface area contributed by atoms with Gasteiger partial charge in [-0.05, 0) is 57.5 Å². The molecule has 1 aromatic rings. The second-order valence-corrected chi connectivity index (χ2v) is 8.44. The average Bonchev–Trinajstić information content (AvgIpc) is 2.86. The SMILES string of the molecule is CCOC(=O)C1=C(CN2CCC(C(=O)OCC)CC2)N(C)C(=O)NC1c1ccc(OC)c(OC)c1. The number of esters is 2. The maximum atomic E-state index is 13.2. The fourth-order valence-electron chi connectivity index (χ4n) is 4.48. The van der Waals surface area contributed by atoms with Crippen LogP contribution in [0.1, 0.15) is 38.3 Å². The van der Waals surface area contributed by atoms with E-state index < -0.39 is 12.0 Å². The van der Waals surface area contributed by atoms with Gasteiger partial charge in [-0.1, -0.05) is 6.07 Å². The number of methoxy groups -OCH3 is 2. The molecule has 1 N–H and O–H groups in total. The molecule has 0 bridgehead atoms. The number of carbonyl (C=O) groups excluding carboxylic acids is 3. The molecule has 2 aliphatic heterocycles. The molecule has 1 unspecified atom stereocenters. The highest BCUT2D eigenvalue weighted by Crippen LogP contribution is 2.36. The Bertz CT molecular complexity index is 970. The van der Waals surface area contributed by atoms with Crippen LogP contribution >= 0.6 is 0 Å². The van der Waals surface area contributed by atoms with Gasteiger partial charge in [0.15, 0.2) is 11.5 Å². The second-order valence-electron chi connectivity index (χ2n) is 8.44. The molecule has 1 saturated heterocycles. The molecular weight excluding hydrogens is 454 g/mol. The van der Waals surface area contributed by atoms with Crippen LogP contribution in [-0.2, 0) is 19.1 Å². The van der Waals surface area contributed by atoms with Crippen molar-refractivity contribution in [2.24, 2.45) is 5.92 Å². The van der Waals surface area contributed by atoms with Gasteiger partial charge in [-0.2, -0.15) is 0 Å². The maximum Gasteiger partial charge on any atom is 0.338 e. The van der Waals surface area contributed by atoms with Crippen LogP contribution in [0.2, 0.25) is 0 Å². The molecule has 10 heteroatoms. The highest BCUT2D eigenvalue weighted by atomic mass is 16.5. The van der Waals surface area contributed by atoms with E-state index in [0.717, 1.165) is 0 Å². The van der Waals surface area contributed by atoms with E-state index in [4.69, 9.17) is 18.9 Å². The number of rotatable bonds is 9. The molecule has 0 aliphatic carbocycles. The summed E-state index contributed by atoms with van der Waals surface area (Å²) in [5.74, 6) is 0.249. The van der Waals surface area contributed by atoms with Crippen LogP contribution in [0.5, 0.6) is 11.5 Å². The van der Waals surface area contributed by atoms with Crippen LogP contribution in [0.15, 0.2) is 29.5 Å². The molecular formula is C25H35N3O7. The summed E-state index contributed by atoms with van der Waals surface area (Å²) in [6.45, 7) is 5.80. The van der Waals surface area contributed by atoms with Crippen molar-refractivity contribution in [2.75, 3.05) is 54.1 Å². The predicted octanol–water partition coefficient (Wildman–Crippen LogP) is 2.49. The molecule has 10 nitrogen and oxygen atoms in total. The number of hydrogen-bond donors (Lipinski definition) is 1. The fourth-order valence-corrected chi connectivity index (χ4v) is 4.48. The molecule has 2 heterocycles. The van der Waals surface area contributed by atoms with Crippen molar-refractivity contribution in [3.8, 4) is 11.5 Å². The predicted molar refractivity (Wildman–Crippen MR) is 128 cm³/mol. The Hall–Kier alpha value is -3.27. The summed E-state index contributed by atoms with van der Waals surface area (Å²) in [7, 11) is 4.71. The van der Waals surface area contributed by atoms with Crippen molar-refractivity contribution in [3.05, 3.63) is 35.0 Å². The van der Waals surface area contributed by atoms with Gasteiger partial charge < -0.3 is 24.3 Å². The van der Waals surface area contributed by atoms with Crippen molar-refractivity contribution in [3.63, 3.8) is 0 Å². The molecule has 192 valence electrons. The Kier molecular flexibility index (Phi) is 8.97. The zero-order chi connectivity index (χ0) is 25.5. The van der Waals surface area contributed by atoms with Crippen LogP contribution < -0.4 is 14.8 Å². The number of amides is 2. The Morgan fingerprint density at radius 3 is 2.29 bits per heavy atom. The van der Waals surface area contributed by atoms with Gasteiger partial charge in [0, 0.05) is 19.3 Å². The standard InChI is InChI=1S/C25H35N3O7/c1-6-34-23(29)16-10-12-28(13-11-16)15-18-21(24(30)35-7-2)22(26-25(31)27(18)3)17-8-9-19(32-4)20(14-17)33-5/h8-9,14,16,22H,6-7,10-13,15H2,1-5H3,(H,26,31). The molecule has 1 atom stereocenters. The lowest BCUT2D eigenvalue weighted by Gasteiger charge is -2.38. The molecule has 0 saturated carbocycles. The molecule has 2 amide bonds. The fraction of sp³-hybridized carbons (Fsp3) is 0.560. The van der Waals surface area contributed by atoms with Gasteiger partial charge in [-0.15, -0.1) is 0 Å². The Morgan fingerprint density at radius 1 is 1.03 bits per heavy atom. The van der Waals surface area contributed by atoms with Gasteiger partial charge in [0.25, 0.3) is 0 Å². The monoisotopic (exact) mass is 489 g/mol. The second kappa shape index (κ2) is 11.9. The van der Waals surface area contributed by atoms with E-state index in [-0.39, 0.29) is 24.5 Å². The first-order valence-corrected chi connectivity index (χ1v) is 11.9. The van der Waals surface area contributed by atoms with E-state index in [0.29, 0.717) is 67.4 Å². The molecule has 0 radical (unpaired) electrons. The van der Waals surface area contributed by atoms with Crippen LogP contribution in [0.25, 0.3) is 0 Å². The minimum absolute atomic E-state index is 0.128. The molecule has 0 aromatic heterocycles. The third-order valence-corrected chi connectivity index (χ3v) is 6.39. The molecule has 1 fully saturated rings. The number of carbonyl (C=O) groups is 3. The number of likely N-dealkylation sites (N-methyl/N-ethyl adjacent to an activating group) is 1. The first-order valence-electron chi connectivity index (χ1n) is 11.9. The number of urea groups is 1. The Balaban J connectivity index is 1.94. The first-order chi connectivity index (χ1) is 16.8. The molecule has 0 spiro atoms. The number of nitrogens with one attached hydrogen (secondary N) is 1. The van der Waals surface area contributed by atoms with Crippen LogP contribution in [-0.4, -0.2) is 81.9 Å². The van der Waals surface area contributed by atoms with E-state index in [2.05, 4.69) is 10.2 Å². The number of piperidine rings is 1. The number of nitrogens with zero attached hydrogens (tertiary/aromatic N) is 2. The van der Waals surface area contributed by atoms with Crippen molar-refractivity contribution in [1.29, 1.82) is 0 Å².